The summed E-state index contributed by atoms with van der Waals surface area (Å²) in [5.41, 5.74) is 0.0417. The zero-order valence-corrected chi connectivity index (χ0v) is 8.11. The number of hydrogen-bond acceptors (Lipinski definition) is 1. The Bertz CT molecular complexity index is 165. The van der Waals surface area contributed by atoms with Gasteiger partial charge in [0.15, 0.2) is 0 Å². The van der Waals surface area contributed by atoms with Crippen molar-refractivity contribution < 1.29 is 4.79 Å². The Morgan fingerprint density at radius 2 is 1.91 bits per heavy atom. The van der Waals surface area contributed by atoms with Gasteiger partial charge in [0.25, 0.3) is 0 Å². The lowest BCUT2D eigenvalue weighted by Crippen LogP contribution is -2.27. The molecule has 0 heterocycles. The predicted molar refractivity (Wildman–Crippen MR) is 46.5 cm³/mol. The standard InChI is InChI=1S/C9H15ClO/c1-9(2,3)7(8(10)11)6-4-5-6/h6-7H,4-5H2,1-3H3. The number of halogens is 1. The van der Waals surface area contributed by atoms with Gasteiger partial charge in [0.05, 0.1) is 0 Å². The predicted octanol–water partition coefficient (Wildman–Crippen LogP) is 2.82. The van der Waals surface area contributed by atoms with E-state index in [1.54, 1.807) is 0 Å². The van der Waals surface area contributed by atoms with Gasteiger partial charge in [0, 0.05) is 5.92 Å². The second-order valence-corrected chi connectivity index (χ2v) is 4.86. The Morgan fingerprint density at radius 1 is 1.45 bits per heavy atom. The maximum absolute atomic E-state index is 11.0. The SMILES string of the molecule is CC(C)(C)C(C(=O)Cl)C1CC1. The molecule has 0 N–H and O–H groups in total. The summed E-state index contributed by atoms with van der Waals surface area (Å²) in [5, 5.41) is -0.153. The Kier molecular flexibility index (Phi) is 2.29. The van der Waals surface area contributed by atoms with E-state index in [4.69, 9.17) is 11.6 Å². The van der Waals surface area contributed by atoms with Crippen LogP contribution in [0.2, 0.25) is 0 Å². The Morgan fingerprint density at radius 3 is 2.00 bits per heavy atom. The van der Waals surface area contributed by atoms with Gasteiger partial charge in [-0.2, -0.15) is 0 Å². The van der Waals surface area contributed by atoms with Crippen molar-refractivity contribution in [2.45, 2.75) is 33.6 Å². The molecule has 0 aromatic rings. The van der Waals surface area contributed by atoms with E-state index in [0.29, 0.717) is 5.92 Å². The monoisotopic (exact) mass is 174 g/mol. The number of hydrogen-bond donors (Lipinski definition) is 0. The molecule has 1 fully saturated rings. The largest absolute Gasteiger partial charge is 0.281 e. The first-order valence-electron chi connectivity index (χ1n) is 4.12. The average Bonchev–Trinajstić information content (AvgIpc) is 2.42. The first kappa shape index (κ1) is 9.05. The van der Waals surface area contributed by atoms with Crippen LogP contribution < -0.4 is 0 Å². The molecular weight excluding hydrogens is 160 g/mol. The first-order valence-corrected chi connectivity index (χ1v) is 4.50. The Balaban J connectivity index is 2.66. The summed E-state index contributed by atoms with van der Waals surface area (Å²) in [5.74, 6) is 0.643. The van der Waals surface area contributed by atoms with Gasteiger partial charge in [0.1, 0.15) is 0 Å². The minimum Gasteiger partial charge on any atom is -0.281 e. The minimum absolute atomic E-state index is 0.0417. The molecule has 1 aliphatic carbocycles. The van der Waals surface area contributed by atoms with Crippen LogP contribution in [0.4, 0.5) is 0 Å². The van der Waals surface area contributed by atoms with Gasteiger partial charge >= 0.3 is 0 Å². The molecule has 11 heavy (non-hydrogen) atoms. The van der Waals surface area contributed by atoms with E-state index < -0.39 is 0 Å². The summed E-state index contributed by atoms with van der Waals surface area (Å²) in [6.07, 6.45) is 2.36. The summed E-state index contributed by atoms with van der Waals surface area (Å²) in [6.45, 7) is 6.24. The maximum atomic E-state index is 11.0. The fourth-order valence-electron chi connectivity index (χ4n) is 1.66. The molecule has 0 aliphatic heterocycles. The second-order valence-electron chi connectivity index (χ2n) is 4.49. The van der Waals surface area contributed by atoms with Crippen LogP contribution in [-0.2, 0) is 4.79 Å². The highest BCUT2D eigenvalue weighted by atomic mass is 35.5. The lowest BCUT2D eigenvalue weighted by Gasteiger charge is -2.27. The van der Waals surface area contributed by atoms with Gasteiger partial charge in [-0.3, -0.25) is 4.79 Å². The van der Waals surface area contributed by atoms with Crippen molar-refractivity contribution in [1.29, 1.82) is 0 Å². The van der Waals surface area contributed by atoms with Crippen molar-refractivity contribution in [2.75, 3.05) is 0 Å². The third kappa shape index (κ3) is 2.19. The summed E-state index contributed by atoms with van der Waals surface area (Å²) in [6, 6.07) is 0. The number of carbonyl (C=O) groups is 1. The van der Waals surface area contributed by atoms with Gasteiger partial charge in [-0.15, -0.1) is 0 Å². The lowest BCUT2D eigenvalue weighted by molar-refractivity contribution is -0.118. The van der Waals surface area contributed by atoms with Gasteiger partial charge in [-0.05, 0) is 35.8 Å². The normalized spacial score (nSPS) is 21.5. The summed E-state index contributed by atoms with van der Waals surface area (Å²) < 4.78 is 0. The molecule has 0 aromatic carbocycles. The van der Waals surface area contributed by atoms with E-state index in [2.05, 4.69) is 20.8 Å². The zero-order chi connectivity index (χ0) is 8.65. The molecule has 0 bridgehead atoms. The Labute approximate surface area is 73.1 Å². The molecule has 1 unspecified atom stereocenters. The van der Waals surface area contributed by atoms with E-state index in [1.807, 2.05) is 0 Å². The van der Waals surface area contributed by atoms with Crippen LogP contribution in [0, 0.1) is 17.3 Å². The van der Waals surface area contributed by atoms with Crippen molar-refractivity contribution in [2.24, 2.45) is 17.3 Å². The third-order valence-electron chi connectivity index (χ3n) is 2.27. The molecule has 0 radical (unpaired) electrons. The summed E-state index contributed by atoms with van der Waals surface area (Å²) in [7, 11) is 0. The van der Waals surface area contributed by atoms with Crippen LogP contribution in [0.3, 0.4) is 0 Å². The van der Waals surface area contributed by atoms with Crippen LogP contribution in [-0.4, -0.2) is 5.24 Å². The number of carbonyl (C=O) groups excluding carboxylic acids is 1. The smallest absolute Gasteiger partial charge is 0.225 e. The van der Waals surface area contributed by atoms with Crippen LogP contribution in [0.25, 0.3) is 0 Å². The molecule has 1 nitrogen and oxygen atoms in total. The van der Waals surface area contributed by atoms with E-state index >= 15 is 0 Å². The van der Waals surface area contributed by atoms with Gasteiger partial charge in [-0.1, -0.05) is 20.8 Å². The number of rotatable bonds is 2. The summed E-state index contributed by atoms with van der Waals surface area (Å²) >= 11 is 5.52. The maximum Gasteiger partial charge on any atom is 0.225 e. The topological polar surface area (TPSA) is 17.1 Å². The van der Waals surface area contributed by atoms with Crippen LogP contribution in [0.5, 0.6) is 0 Å². The van der Waals surface area contributed by atoms with E-state index in [9.17, 15) is 4.79 Å². The molecule has 0 saturated heterocycles. The van der Waals surface area contributed by atoms with Crippen LogP contribution in [0.1, 0.15) is 33.6 Å². The Hall–Kier alpha value is -0.0400. The molecule has 64 valence electrons. The van der Waals surface area contributed by atoms with Crippen molar-refractivity contribution >= 4 is 16.8 Å². The minimum atomic E-state index is -0.153. The lowest BCUT2D eigenvalue weighted by atomic mass is 9.78. The summed E-state index contributed by atoms with van der Waals surface area (Å²) in [4.78, 5) is 11.0. The van der Waals surface area contributed by atoms with Crippen molar-refractivity contribution in [3.63, 3.8) is 0 Å². The van der Waals surface area contributed by atoms with E-state index in [0.717, 1.165) is 0 Å². The molecule has 0 amide bonds. The van der Waals surface area contributed by atoms with Crippen molar-refractivity contribution in [3.8, 4) is 0 Å². The zero-order valence-electron chi connectivity index (χ0n) is 7.36. The molecule has 1 atom stereocenters. The second kappa shape index (κ2) is 2.78. The molecule has 1 rings (SSSR count). The first-order chi connectivity index (χ1) is 4.93. The fraction of sp³-hybridized carbons (Fsp3) is 0.889. The van der Waals surface area contributed by atoms with Gasteiger partial charge < -0.3 is 0 Å². The third-order valence-corrected chi connectivity index (χ3v) is 2.51. The molecule has 0 aromatic heterocycles. The van der Waals surface area contributed by atoms with Gasteiger partial charge in [-0.25, -0.2) is 0 Å². The highest BCUT2D eigenvalue weighted by molar-refractivity contribution is 6.64. The molecule has 1 aliphatic rings. The molecule has 1 saturated carbocycles. The fourth-order valence-corrected chi connectivity index (χ4v) is 2.17. The van der Waals surface area contributed by atoms with Crippen molar-refractivity contribution in [3.05, 3.63) is 0 Å². The van der Waals surface area contributed by atoms with E-state index in [1.165, 1.54) is 12.8 Å². The molecule has 2 heteroatoms. The highest BCUT2D eigenvalue weighted by Crippen LogP contribution is 2.46. The van der Waals surface area contributed by atoms with Crippen molar-refractivity contribution in [1.82, 2.24) is 0 Å². The molecule has 0 spiro atoms. The van der Waals surface area contributed by atoms with Gasteiger partial charge in [0.2, 0.25) is 5.24 Å². The van der Waals surface area contributed by atoms with Crippen LogP contribution >= 0.6 is 11.6 Å². The average molecular weight is 175 g/mol. The molecular formula is C9H15ClO. The quantitative estimate of drug-likeness (QED) is 0.589. The van der Waals surface area contributed by atoms with Crippen LogP contribution in [0.15, 0.2) is 0 Å². The van der Waals surface area contributed by atoms with E-state index in [-0.39, 0.29) is 16.6 Å². The highest BCUT2D eigenvalue weighted by Gasteiger charge is 2.42.